The first-order chi connectivity index (χ1) is 7.58. The maximum Gasteiger partial charge on any atom is 0.227 e. The summed E-state index contributed by atoms with van der Waals surface area (Å²) in [5.74, 6) is 0.127. The number of nitrogens with one attached hydrogen (secondary N) is 1. The van der Waals surface area contributed by atoms with Gasteiger partial charge in [-0.15, -0.1) is 0 Å². The van der Waals surface area contributed by atoms with Crippen LogP contribution >= 0.6 is 0 Å². The van der Waals surface area contributed by atoms with Crippen molar-refractivity contribution in [3.63, 3.8) is 0 Å². The van der Waals surface area contributed by atoms with Crippen molar-refractivity contribution in [2.45, 2.75) is 33.6 Å². The molecule has 1 rings (SSSR count). The Morgan fingerprint density at radius 2 is 2.00 bits per heavy atom. The summed E-state index contributed by atoms with van der Waals surface area (Å²) in [6.45, 7) is 6.02. The molecule has 0 saturated carbocycles. The molecule has 3 heteroatoms. The molecule has 16 heavy (non-hydrogen) atoms. The Kier molecular flexibility index (Phi) is 4.35. The van der Waals surface area contributed by atoms with Crippen LogP contribution in [0.3, 0.4) is 0 Å². The maximum atomic E-state index is 11.9. The van der Waals surface area contributed by atoms with Crippen LogP contribution in [-0.2, 0) is 4.79 Å². The summed E-state index contributed by atoms with van der Waals surface area (Å²) in [5.41, 5.74) is 8.23. The second-order valence-corrected chi connectivity index (χ2v) is 4.09. The van der Waals surface area contributed by atoms with Crippen LogP contribution in [0, 0.1) is 12.8 Å². The van der Waals surface area contributed by atoms with E-state index >= 15 is 0 Å². The number of anilines is 2. The molecule has 88 valence electrons. The van der Waals surface area contributed by atoms with E-state index in [1.165, 1.54) is 0 Å². The van der Waals surface area contributed by atoms with E-state index < -0.39 is 0 Å². The normalized spacial score (nSPS) is 10.5. The SMILES string of the molecule is CCC(CC)C(=O)Nc1cc(C)ccc1N. The van der Waals surface area contributed by atoms with Gasteiger partial charge in [0.15, 0.2) is 0 Å². The van der Waals surface area contributed by atoms with Gasteiger partial charge in [0.25, 0.3) is 0 Å². The zero-order valence-electron chi connectivity index (χ0n) is 10.2. The highest BCUT2D eigenvalue weighted by molar-refractivity contribution is 5.95. The second kappa shape index (κ2) is 5.54. The number of nitrogens with two attached hydrogens (primary N) is 1. The molecule has 0 atom stereocenters. The molecule has 0 unspecified atom stereocenters. The Balaban J connectivity index is 2.80. The van der Waals surface area contributed by atoms with E-state index in [1.807, 2.05) is 39.0 Å². The number of nitrogen functional groups attached to an aromatic ring is 1. The van der Waals surface area contributed by atoms with Crippen molar-refractivity contribution in [2.75, 3.05) is 11.1 Å². The van der Waals surface area contributed by atoms with Crippen LogP contribution in [0.25, 0.3) is 0 Å². The Bertz CT molecular complexity index is 370. The fraction of sp³-hybridized carbons (Fsp3) is 0.462. The predicted octanol–water partition coefficient (Wildman–Crippen LogP) is 2.95. The van der Waals surface area contributed by atoms with E-state index in [9.17, 15) is 4.79 Å². The van der Waals surface area contributed by atoms with Gasteiger partial charge in [0.1, 0.15) is 0 Å². The van der Waals surface area contributed by atoms with Crippen molar-refractivity contribution in [1.29, 1.82) is 0 Å². The lowest BCUT2D eigenvalue weighted by Gasteiger charge is -2.14. The van der Waals surface area contributed by atoms with E-state index in [1.54, 1.807) is 0 Å². The molecule has 0 aliphatic rings. The van der Waals surface area contributed by atoms with E-state index in [0.29, 0.717) is 5.69 Å². The first-order valence-electron chi connectivity index (χ1n) is 5.75. The largest absolute Gasteiger partial charge is 0.397 e. The summed E-state index contributed by atoms with van der Waals surface area (Å²) in [6.07, 6.45) is 1.71. The molecule has 0 fully saturated rings. The molecule has 1 aromatic rings. The lowest BCUT2D eigenvalue weighted by atomic mass is 10.0. The van der Waals surface area contributed by atoms with Crippen LogP contribution in [0.2, 0.25) is 0 Å². The Hall–Kier alpha value is -1.51. The van der Waals surface area contributed by atoms with E-state index in [2.05, 4.69) is 5.32 Å². The number of carbonyl (C=O) groups is 1. The van der Waals surface area contributed by atoms with Crippen molar-refractivity contribution in [3.05, 3.63) is 23.8 Å². The number of aryl methyl sites for hydroxylation is 1. The average molecular weight is 220 g/mol. The molecule has 0 heterocycles. The van der Waals surface area contributed by atoms with Crippen LogP contribution in [0.1, 0.15) is 32.3 Å². The van der Waals surface area contributed by atoms with Gasteiger partial charge in [0.2, 0.25) is 5.91 Å². The standard InChI is InChI=1S/C13H20N2O/c1-4-10(5-2)13(16)15-12-8-9(3)6-7-11(12)14/h6-8,10H,4-5,14H2,1-3H3,(H,15,16). The fourth-order valence-electron chi connectivity index (χ4n) is 1.67. The van der Waals surface area contributed by atoms with Gasteiger partial charge in [-0.1, -0.05) is 19.9 Å². The molecule has 0 radical (unpaired) electrons. The van der Waals surface area contributed by atoms with Crippen LogP contribution in [-0.4, -0.2) is 5.91 Å². The smallest absolute Gasteiger partial charge is 0.227 e. The highest BCUT2D eigenvalue weighted by Gasteiger charge is 2.14. The highest BCUT2D eigenvalue weighted by atomic mass is 16.1. The van der Waals surface area contributed by atoms with Crippen molar-refractivity contribution in [3.8, 4) is 0 Å². The summed E-state index contributed by atoms with van der Waals surface area (Å²) >= 11 is 0. The van der Waals surface area contributed by atoms with Crippen molar-refractivity contribution < 1.29 is 4.79 Å². The first kappa shape index (κ1) is 12.6. The maximum absolute atomic E-state index is 11.9. The van der Waals surface area contributed by atoms with Gasteiger partial charge in [-0.25, -0.2) is 0 Å². The number of hydrogen-bond donors (Lipinski definition) is 2. The molecule has 1 aromatic carbocycles. The molecule has 3 nitrogen and oxygen atoms in total. The number of hydrogen-bond acceptors (Lipinski definition) is 2. The quantitative estimate of drug-likeness (QED) is 0.766. The molecule has 0 aliphatic heterocycles. The molecule has 1 amide bonds. The third-order valence-electron chi connectivity index (χ3n) is 2.82. The lowest BCUT2D eigenvalue weighted by Crippen LogP contribution is -2.22. The molecular weight excluding hydrogens is 200 g/mol. The van der Waals surface area contributed by atoms with E-state index in [4.69, 9.17) is 5.73 Å². The third-order valence-corrected chi connectivity index (χ3v) is 2.82. The molecule has 0 aliphatic carbocycles. The van der Waals surface area contributed by atoms with Gasteiger partial charge < -0.3 is 11.1 Å². The van der Waals surface area contributed by atoms with Gasteiger partial charge in [-0.2, -0.15) is 0 Å². The minimum Gasteiger partial charge on any atom is -0.397 e. The van der Waals surface area contributed by atoms with Gasteiger partial charge in [0, 0.05) is 5.92 Å². The van der Waals surface area contributed by atoms with Crippen LogP contribution < -0.4 is 11.1 Å². The van der Waals surface area contributed by atoms with Gasteiger partial charge in [-0.05, 0) is 37.5 Å². The predicted molar refractivity (Wildman–Crippen MR) is 68.3 cm³/mol. The van der Waals surface area contributed by atoms with E-state index in [0.717, 1.165) is 24.1 Å². The van der Waals surface area contributed by atoms with Crippen LogP contribution in [0.15, 0.2) is 18.2 Å². The molecule has 0 saturated heterocycles. The first-order valence-corrected chi connectivity index (χ1v) is 5.75. The van der Waals surface area contributed by atoms with Crippen LogP contribution in [0.5, 0.6) is 0 Å². The number of benzene rings is 1. The van der Waals surface area contributed by atoms with Crippen molar-refractivity contribution in [1.82, 2.24) is 0 Å². The number of rotatable bonds is 4. The minimum absolute atomic E-state index is 0.0577. The van der Waals surface area contributed by atoms with Crippen molar-refractivity contribution >= 4 is 17.3 Å². The molecule has 0 bridgehead atoms. The fourth-order valence-corrected chi connectivity index (χ4v) is 1.67. The van der Waals surface area contributed by atoms with Gasteiger partial charge in [-0.3, -0.25) is 4.79 Å². The molecule has 0 aromatic heterocycles. The highest BCUT2D eigenvalue weighted by Crippen LogP contribution is 2.21. The lowest BCUT2D eigenvalue weighted by molar-refractivity contribution is -0.120. The van der Waals surface area contributed by atoms with Gasteiger partial charge >= 0.3 is 0 Å². The minimum atomic E-state index is 0.0577. The zero-order chi connectivity index (χ0) is 12.1. The van der Waals surface area contributed by atoms with Crippen molar-refractivity contribution in [2.24, 2.45) is 5.92 Å². The topological polar surface area (TPSA) is 55.1 Å². The summed E-state index contributed by atoms with van der Waals surface area (Å²) in [5, 5.41) is 2.89. The summed E-state index contributed by atoms with van der Waals surface area (Å²) in [6, 6.07) is 5.65. The summed E-state index contributed by atoms with van der Waals surface area (Å²) < 4.78 is 0. The Morgan fingerprint density at radius 3 is 2.56 bits per heavy atom. The molecule has 3 N–H and O–H groups in total. The zero-order valence-corrected chi connectivity index (χ0v) is 10.2. The Morgan fingerprint density at radius 1 is 1.38 bits per heavy atom. The second-order valence-electron chi connectivity index (χ2n) is 4.09. The summed E-state index contributed by atoms with van der Waals surface area (Å²) in [4.78, 5) is 11.9. The molecular formula is C13H20N2O. The third kappa shape index (κ3) is 2.99. The number of amides is 1. The Labute approximate surface area is 97.0 Å². The number of carbonyl (C=O) groups excluding carboxylic acids is 1. The van der Waals surface area contributed by atoms with E-state index in [-0.39, 0.29) is 11.8 Å². The monoisotopic (exact) mass is 220 g/mol. The molecule has 0 spiro atoms. The summed E-state index contributed by atoms with van der Waals surface area (Å²) in [7, 11) is 0. The van der Waals surface area contributed by atoms with Gasteiger partial charge in [0.05, 0.1) is 11.4 Å². The van der Waals surface area contributed by atoms with Crippen LogP contribution in [0.4, 0.5) is 11.4 Å². The average Bonchev–Trinajstić information content (AvgIpc) is 2.25.